The van der Waals surface area contributed by atoms with Gasteiger partial charge in [0.1, 0.15) is 5.82 Å². The van der Waals surface area contributed by atoms with E-state index in [4.69, 9.17) is 0 Å². The molecule has 1 N–H and O–H groups in total. The summed E-state index contributed by atoms with van der Waals surface area (Å²) < 4.78 is 36.9. The molecule has 1 aromatic carbocycles. The van der Waals surface area contributed by atoms with Crippen LogP contribution in [-0.4, -0.2) is 26.8 Å². The Balaban J connectivity index is 3.07. The molecule has 0 aliphatic carbocycles. The fraction of sp³-hybridized carbons (Fsp3) is 0.455. The molecule has 0 spiro atoms. The van der Waals surface area contributed by atoms with Crippen molar-refractivity contribution in [1.29, 1.82) is 0 Å². The van der Waals surface area contributed by atoms with Gasteiger partial charge in [-0.15, -0.1) is 0 Å². The molecular weight excluding hydrogens is 229 g/mol. The highest BCUT2D eigenvalue weighted by Crippen LogP contribution is 2.18. The van der Waals surface area contributed by atoms with Gasteiger partial charge in [0.05, 0.1) is 10.1 Å². The lowest BCUT2D eigenvalue weighted by Gasteiger charge is -2.19. The van der Waals surface area contributed by atoms with Crippen molar-refractivity contribution in [2.24, 2.45) is 0 Å². The minimum absolute atomic E-state index is 0.156. The van der Waals surface area contributed by atoms with Crippen LogP contribution in [0.5, 0.6) is 0 Å². The number of hydrogen-bond acceptors (Lipinski definition) is 3. The van der Waals surface area contributed by atoms with Gasteiger partial charge < -0.3 is 5.32 Å². The van der Waals surface area contributed by atoms with E-state index >= 15 is 0 Å². The van der Waals surface area contributed by atoms with Crippen molar-refractivity contribution in [3.05, 3.63) is 30.1 Å². The SMILES string of the molecule is CNC(C)C(C)S(=O)(=O)c1ccc(F)cc1. The van der Waals surface area contributed by atoms with Crippen molar-refractivity contribution in [1.82, 2.24) is 5.32 Å². The van der Waals surface area contributed by atoms with Gasteiger partial charge in [-0.25, -0.2) is 12.8 Å². The molecule has 5 heteroatoms. The van der Waals surface area contributed by atoms with Crippen LogP contribution < -0.4 is 5.32 Å². The average molecular weight is 245 g/mol. The number of benzene rings is 1. The van der Waals surface area contributed by atoms with Gasteiger partial charge in [-0.2, -0.15) is 0 Å². The molecule has 0 aromatic heterocycles. The lowest BCUT2D eigenvalue weighted by molar-refractivity contribution is 0.539. The predicted molar refractivity (Wildman–Crippen MR) is 61.6 cm³/mol. The number of sulfone groups is 1. The summed E-state index contributed by atoms with van der Waals surface area (Å²) in [7, 11) is -1.69. The minimum atomic E-state index is -3.40. The van der Waals surface area contributed by atoms with E-state index in [1.54, 1.807) is 20.9 Å². The lowest BCUT2D eigenvalue weighted by atomic mass is 10.3. The predicted octanol–water partition coefficient (Wildman–Crippen LogP) is 1.60. The molecule has 0 radical (unpaired) electrons. The zero-order valence-corrected chi connectivity index (χ0v) is 10.4. The van der Waals surface area contributed by atoms with Crippen molar-refractivity contribution in [3.63, 3.8) is 0 Å². The second-order valence-corrected chi connectivity index (χ2v) is 6.09. The Kier molecular flexibility index (Phi) is 4.04. The van der Waals surface area contributed by atoms with Crippen molar-refractivity contribution in [2.45, 2.75) is 30.0 Å². The van der Waals surface area contributed by atoms with E-state index in [0.29, 0.717) is 0 Å². The Morgan fingerprint density at radius 3 is 2.12 bits per heavy atom. The molecule has 3 nitrogen and oxygen atoms in total. The normalized spacial score (nSPS) is 15.8. The molecule has 2 unspecified atom stereocenters. The van der Waals surface area contributed by atoms with E-state index in [1.807, 2.05) is 0 Å². The molecule has 0 fully saturated rings. The van der Waals surface area contributed by atoms with E-state index in [-0.39, 0.29) is 10.9 Å². The van der Waals surface area contributed by atoms with E-state index < -0.39 is 20.9 Å². The van der Waals surface area contributed by atoms with Crippen molar-refractivity contribution in [2.75, 3.05) is 7.05 Å². The zero-order valence-electron chi connectivity index (χ0n) is 9.57. The highest BCUT2D eigenvalue weighted by molar-refractivity contribution is 7.92. The average Bonchev–Trinajstić information content (AvgIpc) is 2.27. The largest absolute Gasteiger partial charge is 0.316 e. The van der Waals surface area contributed by atoms with Gasteiger partial charge in [-0.1, -0.05) is 0 Å². The lowest BCUT2D eigenvalue weighted by Crippen LogP contribution is -2.38. The summed E-state index contributed by atoms with van der Waals surface area (Å²) in [5.41, 5.74) is 0. The molecule has 0 aliphatic heterocycles. The third-order valence-corrected chi connectivity index (χ3v) is 5.11. The minimum Gasteiger partial charge on any atom is -0.316 e. The summed E-state index contributed by atoms with van der Waals surface area (Å²) in [6, 6.07) is 4.75. The molecule has 0 saturated carbocycles. The fourth-order valence-electron chi connectivity index (χ4n) is 1.34. The van der Waals surface area contributed by atoms with Crippen LogP contribution in [-0.2, 0) is 9.84 Å². The molecule has 16 heavy (non-hydrogen) atoms. The van der Waals surface area contributed by atoms with Crippen LogP contribution in [0.3, 0.4) is 0 Å². The summed E-state index contributed by atoms with van der Waals surface area (Å²) in [6.07, 6.45) is 0. The molecule has 2 atom stereocenters. The topological polar surface area (TPSA) is 46.2 Å². The van der Waals surface area contributed by atoms with Gasteiger partial charge in [0.2, 0.25) is 0 Å². The quantitative estimate of drug-likeness (QED) is 0.819. The maximum atomic E-state index is 12.7. The molecule has 0 bridgehead atoms. The number of hydrogen-bond donors (Lipinski definition) is 1. The smallest absolute Gasteiger partial charge is 0.182 e. The zero-order chi connectivity index (χ0) is 12.3. The van der Waals surface area contributed by atoms with Gasteiger partial charge in [0, 0.05) is 6.04 Å². The van der Waals surface area contributed by atoms with Gasteiger partial charge in [-0.3, -0.25) is 0 Å². The van der Waals surface area contributed by atoms with E-state index in [1.165, 1.54) is 12.1 Å². The van der Waals surface area contributed by atoms with Gasteiger partial charge in [-0.05, 0) is 45.2 Å². The molecule has 1 rings (SSSR count). The Labute approximate surface area is 95.6 Å². The molecule has 1 aromatic rings. The third kappa shape index (κ3) is 2.59. The second kappa shape index (κ2) is 4.93. The Hall–Kier alpha value is -0.940. The molecule has 0 aliphatic rings. The fourth-order valence-corrected chi connectivity index (χ4v) is 2.96. The van der Waals surface area contributed by atoms with Crippen LogP contribution in [0.1, 0.15) is 13.8 Å². The van der Waals surface area contributed by atoms with Gasteiger partial charge in [0.25, 0.3) is 0 Å². The van der Waals surface area contributed by atoms with E-state index in [9.17, 15) is 12.8 Å². The van der Waals surface area contributed by atoms with Crippen LogP contribution in [0.15, 0.2) is 29.2 Å². The first kappa shape index (κ1) is 13.1. The van der Waals surface area contributed by atoms with E-state index in [0.717, 1.165) is 12.1 Å². The Bertz CT molecular complexity index is 442. The highest BCUT2D eigenvalue weighted by atomic mass is 32.2. The summed E-state index contributed by atoms with van der Waals surface area (Å²) in [5.74, 6) is -0.437. The van der Waals surface area contributed by atoms with Crippen LogP contribution in [0, 0.1) is 5.82 Å². The van der Waals surface area contributed by atoms with E-state index in [2.05, 4.69) is 5.32 Å². The summed E-state index contributed by atoms with van der Waals surface area (Å²) in [6.45, 7) is 3.44. The maximum absolute atomic E-state index is 12.7. The van der Waals surface area contributed by atoms with Gasteiger partial charge in [0.15, 0.2) is 9.84 Å². The van der Waals surface area contributed by atoms with Crippen LogP contribution in [0.4, 0.5) is 4.39 Å². The first-order valence-electron chi connectivity index (χ1n) is 5.06. The van der Waals surface area contributed by atoms with Crippen LogP contribution in [0.25, 0.3) is 0 Å². The van der Waals surface area contributed by atoms with Crippen molar-refractivity contribution in [3.8, 4) is 0 Å². The first-order valence-corrected chi connectivity index (χ1v) is 6.61. The first-order chi connectivity index (χ1) is 7.39. The molecular formula is C11H16FNO2S. The molecule has 90 valence electrons. The van der Waals surface area contributed by atoms with Crippen molar-refractivity contribution < 1.29 is 12.8 Å². The maximum Gasteiger partial charge on any atom is 0.182 e. The number of halogens is 1. The van der Waals surface area contributed by atoms with Crippen molar-refractivity contribution >= 4 is 9.84 Å². The second-order valence-electron chi connectivity index (χ2n) is 3.78. The van der Waals surface area contributed by atoms with Crippen LogP contribution >= 0.6 is 0 Å². The molecule has 0 saturated heterocycles. The number of nitrogens with one attached hydrogen (secondary N) is 1. The van der Waals surface area contributed by atoms with Crippen LogP contribution in [0.2, 0.25) is 0 Å². The standard InChI is InChI=1S/C11H16FNO2S/c1-8(13-3)9(2)16(14,15)11-6-4-10(12)5-7-11/h4-9,13H,1-3H3. The van der Waals surface area contributed by atoms with Gasteiger partial charge >= 0.3 is 0 Å². The Morgan fingerprint density at radius 2 is 1.69 bits per heavy atom. The highest BCUT2D eigenvalue weighted by Gasteiger charge is 2.27. The number of rotatable bonds is 4. The third-order valence-electron chi connectivity index (χ3n) is 2.79. The monoisotopic (exact) mass is 245 g/mol. The molecule has 0 heterocycles. The Morgan fingerprint density at radius 1 is 1.19 bits per heavy atom. The summed E-state index contributed by atoms with van der Waals surface area (Å²) >= 11 is 0. The molecule has 0 amide bonds. The summed E-state index contributed by atoms with van der Waals surface area (Å²) in [5, 5.41) is 2.35. The summed E-state index contributed by atoms with van der Waals surface area (Å²) in [4.78, 5) is 0.156.